The summed E-state index contributed by atoms with van der Waals surface area (Å²) in [6, 6.07) is 0. The molecule has 0 unspecified atom stereocenters. The molecule has 90 valence electrons. The Balaban J connectivity index is 4.09. The first-order valence-corrected chi connectivity index (χ1v) is 6.85. The first-order chi connectivity index (χ1) is 6.88. The summed E-state index contributed by atoms with van der Waals surface area (Å²) in [6.07, 6.45) is 2.47. The van der Waals surface area contributed by atoms with Crippen molar-refractivity contribution in [2.24, 2.45) is 5.92 Å². The van der Waals surface area contributed by atoms with Crippen LogP contribution in [0.5, 0.6) is 0 Å². The lowest BCUT2D eigenvalue weighted by Gasteiger charge is -2.21. The summed E-state index contributed by atoms with van der Waals surface area (Å²) in [6.45, 7) is 5.44. The van der Waals surface area contributed by atoms with E-state index in [1.807, 2.05) is 13.8 Å². The van der Waals surface area contributed by atoms with Crippen molar-refractivity contribution in [2.45, 2.75) is 20.3 Å². The molecule has 0 aliphatic rings. The molecule has 0 radical (unpaired) electrons. The monoisotopic (exact) mass is 236 g/mol. The predicted molar refractivity (Wildman–Crippen MR) is 59.9 cm³/mol. The molecule has 0 spiro atoms. The molecule has 0 aromatic rings. The van der Waals surface area contributed by atoms with Gasteiger partial charge in [0.25, 0.3) is 0 Å². The highest BCUT2D eigenvalue weighted by atomic mass is 32.2. The molecule has 0 aromatic heterocycles. The third-order valence-corrected chi connectivity index (χ3v) is 3.12. The molecule has 0 heterocycles. The molecule has 0 fully saturated rings. The Morgan fingerprint density at radius 3 is 2.40 bits per heavy atom. The maximum Gasteiger partial charge on any atom is 0.211 e. The zero-order chi connectivity index (χ0) is 11.9. The number of nitrogens with zero attached hydrogens (tertiary/aromatic N) is 1. The van der Waals surface area contributed by atoms with E-state index >= 15 is 0 Å². The number of sulfonamides is 1. The van der Waals surface area contributed by atoms with Crippen molar-refractivity contribution >= 4 is 16.4 Å². The first kappa shape index (κ1) is 14.4. The normalized spacial score (nSPS) is 12.1. The molecule has 0 rings (SSSR count). The second-order valence-electron chi connectivity index (χ2n) is 3.94. The maximum atomic E-state index is 11.4. The van der Waals surface area contributed by atoms with Gasteiger partial charge in [-0.25, -0.2) is 12.7 Å². The predicted octanol–water partition coefficient (Wildman–Crippen LogP) is 0.0401. The summed E-state index contributed by atoms with van der Waals surface area (Å²) < 4.78 is 24.2. The van der Waals surface area contributed by atoms with E-state index in [0.717, 1.165) is 0 Å². The molecule has 0 aromatic carbocycles. The number of carbonyl (C=O) groups is 1. The number of rotatable bonds is 8. The van der Waals surface area contributed by atoms with E-state index in [9.17, 15) is 13.2 Å². The van der Waals surface area contributed by atoms with Crippen LogP contribution < -0.4 is 5.32 Å². The van der Waals surface area contributed by atoms with Gasteiger partial charge in [-0.3, -0.25) is 4.79 Å². The van der Waals surface area contributed by atoms with Gasteiger partial charge < -0.3 is 5.32 Å². The van der Waals surface area contributed by atoms with Gasteiger partial charge in [-0.2, -0.15) is 0 Å². The second-order valence-corrected chi connectivity index (χ2v) is 5.92. The van der Waals surface area contributed by atoms with Crippen molar-refractivity contribution in [3.8, 4) is 0 Å². The van der Waals surface area contributed by atoms with Gasteiger partial charge in [-0.05, 0) is 12.3 Å². The van der Waals surface area contributed by atoms with Crippen LogP contribution in [-0.4, -0.2) is 45.0 Å². The third kappa shape index (κ3) is 7.33. The second kappa shape index (κ2) is 6.79. The zero-order valence-electron chi connectivity index (χ0n) is 9.56. The van der Waals surface area contributed by atoms with Crippen molar-refractivity contribution < 1.29 is 13.2 Å². The summed E-state index contributed by atoms with van der Waals surface area (Å²) in [4.78, 5) is 9.98. The molecule has 1 amide bonds. The highest BCUT2D eigenvalue weighted by Gasteiger charge is 2.16. The fourth-order valence-electron chi connectivity index (χ4n) is 1.22. The smallest absolute Gasteiger partial charge is 0.211 e. The van der Waals surface area contributed by atoms with Gasteiger partial charge >= 0.3 is 0 Å². The number of hydrogen-bond acceptors (Lipinski definition) is 3. The van der Waals surface area contributed by atoms with E-state index < -0.39 is 10.0 Å². The standard InChI is InChI=1S/C9H20N2O3S/c1-9(2)7-11(15(3,13)14)6-4-5-10-8-12/h8-9H,4-7H2,1-3H3,(H,10,12). The van der Waals surface area contributed by atoms with Gasteiger partial charge in [0.05, 0.1) is 6.26 Å². The van der Waals surface area contributed by atoms with Gasteiger partial charge in [0.1, 0.15) is 0 Å². The number of carbonyl (C=O) groups excluding carboxylic acids is 1. The molecule has 0 saturated carbocycles. The van der Waals surface area contributed by atoms with Crippen molar-refractivity contribution in [3.05, 3.63) is 0 Å². The Labute approximate surface area is 91.9 Å². The largest absolute Gasteiger partial charge is 0.359 e. The van der Waals surface area contributed by atoms with E-state index in [-0.39, 0.29) is 0 Å². The van der Waals surface area contributed by atoms with Crippen LogP contribution >= 0.6 is 0 Å². The summed E-state index contributed by atoms with van der Waals surface area (Å²) in [5.74, 6) is 0.304. The first-order valence-electron chi connectivity index (χ1n) is 5.00. The summed E-state index contributed by atoms with van der Waals surface area (Å²) in [7, 11) is -3.13. The minimum atomic E-state index is -3.13. The van der Waals surface area contributed by atoms with Crippen LogP contribution in [0.3, 0.4) is 0 Å². The van der Waals surface area contributed by atoms with E-state index in [1.165, 1.54) is 10.6 Å². The SMILES string of the molecule is CC(C)CN(CCCNC=O)S(C)(=O)=O. The van der Waals surface area contributed by atoms with Crippen LogP contribution in [0.1, 0.15) is 20.3 Å². The minimum Gasteiger partial charge on any atom is -0.359 e. The number of nitrogens with one attached hydrogen (secondary N) is 1. The van der Waals surface area contributed by atoms with Gasteiger partial charge in [-0.1, -0.05) is 13.8 Å². The lowest BCUT2D eigenvalue weighted by atomic mass is 10.2. The van der Waals surface area contributed by atoms with Crippen molar-refractivity contribution in [2.75, 3.05) is 25.9 Å². The molecule has 15 heavy (non-hydrogen) atoms. The molecule has 0 aliphatic carbocycles. The van der Waals surface area contributed by atoms with Gasteiger partial charge in [0.15, 0.2) is 0 Å². The molecular formula is C9H20N2O3S. The molecule has 0 atom stereocenters. The summed E-state index contributed by atoms with van der Waals surface area (Å²) in [5, 5.41) is 2.51. The Morgan fingerprint density at radius 1 is 1.40 bits per heavy atom. The van der Waals surface area contributed by atoms with Crippen LogP contribution in [0, 0.1) is 5.92 Å². The Hall–Kier alpha value is -0.620. The van der Waals surface area contributed by atoms with E-state index in [1.54, 1.807) is 0 Å². The van der Waals surface area contributed by atoms with E-state index in [2.05, 4.69) is 5.32 Å². The Kier molecular flexibility index (Phi) is 6.51. The molecular weight excluding hydrogens is 216 g/mol. The highest BCUT2D eigenvalue weighted by molar-refractivity contribution is 7.88. The minimum absolute atomic E-state index is 0.304. The fourth-order valence-corrected chi connectivity index (χ4v) is 2.25. The average molecular weight is 236 g/mol. The average Bonchev–Trinajstić information content (AvgIpc) is 2.08. The number of hydrogen-bond donors (Lipinski definition) is 1. The molecule has 6 heteroatoms. The molecule has 1 N–H and O–H groups in total. The summed E-state index contributed by atoms with van der Waals surface area (Å²) in [5.41, 5.74) is 0. The quantitative estimate of drug-likeness (QED) is 0.478. The van der Waals surface area contributed by atoms with Crippen LogP contribution in [-0.2, 0) is 14.8 Å². The van der Waals surface area contributed by atoms with Gasteiger partial charge in [0, 0.05) is 19.6 Å². The van der Waals surface area contributed by atoms with E-state index in [0.29, 0.717) is 38.4 Å². The van der Waals surface area contributed by atoms with Crippen LogP contribution in [0.15, 0.2) is 0 Å². The molecule has 5 nitrogen and oxygen atoms in total. The highest BCUT2D eigenvalue weighted by Crippen LogP contribution is 2.04. The summed E-state index contributed by atoms with van der Waals surface area (Å²) >= 11 is 0. The number of amides is 1. The van der Waals surface area contributed by atoms with Crippen LogP contribution in [0.4, 0.5) is 0 Å². The molecule has 0 aliphatic heterocycles. The lowest BCUT2D eigenvalue weighted by molar-refractivity contribution is -0.109. The third-order valence-electron chi connectivity index (χ3n) is 1.85. The van der Waals surface area contributed by atoms with Gasteiger partial charge in [-0.15, -0.1) is 0 Å². The Bertz CT molecular complexity index is 275. The van der Waals surface area contributed by atoms with Gasteiger partial charge in [0.2, 0.25) is 16.4 Å². The lowest BCUT2D eigenvalue weighted by Crippen LogP contribution is -2.35. The van der Waals surface area contributed by atoms with Crippen molar-refractivity contribution in [3.63, 3.8) is 0 Å². The topological polar surface area (TPSA) is 66.5 Å². The molecule has 0 saturated heterocycles. The fraction of sp³-hybridized carbons (Fsp3) is 0.889. The van der Waals surface area contributed by atoms with Crippen molar-refractivity contribution in [1.82, 2.24) is 9.62 Å². The Morgan fingerprint density at radius 2 is 2.00 bits per heavy atom. The maximum absolute atomic E-state index is 11.4. The van der Waals surface area contributed by atoms with Crippen molar-refractivity contribution in [1.29, 1.82) is 0 Å². The van der Waals surface area contributed by atoms with Crippen LogP contribution in [0.2, 0.25) is 0 Å². The zero-order valence-corrected chi connectivity index (χ0v) is 10.4. The van der Waals surface area contributed by atoms with Crippen LogP contribution in [0.25, 0.3) is 0 Å². The molecule has 0 bridgehead atoms. The van der Waals surface area contributed by atoms with E-state index in [4.69, 9.17) is 0 Å².